The van der Waals surface area contributed by atoms with E-state index in [9.17, 15) is 14.3 Å². The van der Waals surface area contributed by atoms with Crippen LogP contribution in [0.2, 0.25) is 0 Å². The minimum Gasteiger partial charge on any atom is -0.491 e. The van der Waals surface area contributed by atoms with Crippen molar-refractivity contribution in [2.75, 3.05) is 25.1 Å². The Kier molecular flexibility index (Phi) is 8.08. The van der Waals surface area contributed by atoms with Crippen LogP contribution in [0.15, 0.2) is 42.5 Å². The molecule has 0 fully saturated rings. The van der Waals surface area contributed by atoms with Crippen LogP contribution in [0.5, 0.6) is 5.75 Å². The number of para-hydroxylation sites is 1. The zero-order chi connectivity index (χ0) is 21.0. The number of nitrogens with zero attached hydrogens (tertiary/aromatic N) is 1. The molecule has 0 aliphatic rings. The molecule has 2 N–H and O–H groups in total. The second-order valence-electron chi connectivity index (χ2n) is 6.74. The maximum absolute atomic E-state index is 13.6. The average Bonchev–Trinajstić information content (AvgIpc) is 2.96. The van der Waals surface area contributed by atoms with E-state index < -0.39 is 6.10 Å². The van der Waals surface area contributed by atoms with Gasteiger partial charge in [-0.25, -0.2) is 9.18 Å². The summed E-state index contributed by atoms with van der Waals surface area (Å²) in [6.07, 6.45) is -0.840. The highest BCUT2D eigenvalue weighted by atomic mass is 35.5. The van der Waals surface area contributed by atoms with Gasteiger partial charge < -0.3 is 24.5 Å². The summed E-state index contributed by atoms with van der Waals surface area (Å²) in [5, 5.41) is 13.7. The smallest absolute Gasteiger partial charge is 0.340 e. The van der Waals surface area contributed by atoms with Crippen molar-refractivity contribution in [2.24, 2.45) is 7.05 Å². The number of halogens is 2. The molecule has 1 aromatic heterocycles. The quantitative estimate of drug-likeness (QED) is 0.521. The Bertz CT molecular complexity index is 1020. The molecule has 1 heterocycles. The van der Waals surface area contributed by atoms with Crippen LogP contribution in [0.1, 0.15) is 23.0 Å². The normalized spacial score (nSPS) is 11.6. The van der Waals surface area contributed by atoms with E-state index in [1.165, 1.54) is 6.07 Å². The molecule has 3 rings (SSSR count). The van der Waals surface area contributed by atoms with Gasteiger partial charge in [0.15, 0.2) is 0 Å². The van der Waals surface area contributed by atoms with Gasteiger partial charge in [0.25, 0.3) is 0 Å². The van der Waals surface area contributed by atoms with E-state index in [1.54, 1.807) is 37.3 Å². The first-order valence-electron chi connectivity index (χ1n) is 9.47. The number of aryl methyl sites for hydroxylation is 1. The number of ether oxygens (including phenoxy) is 2. The van der Waals surface area contributed by atoms with Crippen LogP contribution in [0.3, 0.4) is 0 Å². The van der Waals surface area contributed by atoms with E-state index in [0.29, 0.717) is 23.6 Å². The number of hydrogen-bond acceptors (Lipinski definition) is 5. The van der Waals surface area contributed by atoms with Gasteiger partial charge in [-0.2, -0.15) is 0 Å². The molecule has 30 heavy (non-hydrogen) atoms. The molecule has 1 atom stereocenters. The molecule has 162 valence electrons. The summed E-state index contributed by atoms with van der Waals surface area (Å²) in [4.78, 5) is 12.4. The van der Waals surface area contributed by atoms with Gasteiger partial charge >= 0.3 is 5.97 Å². The predicted molar refractivity (Wildman–Crippen MR) is 117 cm³/mol. The first-order valence-corrected chi connectivity index (χ1v) is 9.47. The molecule has 0 saturated heterocycles. The Morgan fingerprint density at radius 3 is 2.70 bits per heavy atom. The van der Waals surface area contributed by atoms with E-state index in [2.05, 4.69) is 5.32 Å². The molecular formula is C22H26ClFN2O4. The molecule has 8 heteroatoms. The number of rotatable bonds is 8. The summed E-state index contributed by atoms with van der Waals surface area (Å²) in [5.74, 6) is -0.225. The van der Waals surface area contributed by atoms with E-state index in [4.69, 9.17) is 9.47 Å². The highest BCUT2D eigenvalue weighted by Crippen LogP contribution is 2.29. The van der Waals surface area contributed by atoms with Gasteiger partial charge in [0.05, 0.1) is 17.9 Å². The van der Waals surface area contributed by atoms with Crippen LogP contribution < -0.4 is 10.1 Å². The Hall–Kier alpha value is -2.77. The number of carbonyl (C=O) groups is 1. The Balaban J connectivity index is 0.00000320. The summed E-state index contributed by atoms with van der Waals surface area (Å²) < 4.78 is 26.4. The van der Waals surface area contributed by atoms with Gasteiger partial charge in [0.2, 0.25) is 0 Å². The van der Waals surface area contributed by atoms with Crippen LogP contribution in [-0.4, -0.2) is 41.5 Å². The average molecular weight is 437 g/mol. The number of anilines is 1. The highest BCUT2D eigenvalue weighted by molar-refractivity contribution is 6.06. The number of fused-ring (bicyclic) bond motifs is 1. The number of nitrogens with one attached hydrogen (secondary N) is 1. The zero-order valence-corrected chi connectivity index (χ0v) is 18.0. The van der Waals surface area contributed by atoms with Crippen molar-refractivity contribution >= 4 is 35.0 Å². The van der Waals surface area contributed by atoms with Crippen LogP contribution in [0.4, 0.5) is 10.1 Å². The molecule has 3 aromatic rings. The molecule has 0 aliphatic carbocycles. The molecule has 0 radical (unpaired) electrons. The number of aromatic nitrogens is 1. The molecule has 0 spiro atoms. The lowest BCUT2D eigenvalue weighted by molar-refractivity contribution is 0.0527. The summed E-state index contributed by atoms with van der Waals surface area (Å²) in [5.41, 5.74) is 2.53. The minimum atomic E-state index is -0.840. The summed E-state index contributed by atoms with van der Waals surface area (Å²) in [7, 11) is 1.89. The van der Waals surface area contributed by atoms with Gasteiger partial charge in [-0.05, 0) is 44.2 Å². The highest BCUT2D eigenvalue weighted by Gasteiger charge is 2.20. The molecule has 0 bridgehead atoms. The van der Waals surface area contributed by atoms with Crippen molar-refractivity contribution in [1.82, 2.24) is 4.57 Å². The summed E-state index contributed by atoms with van der Waals surface area (Å²) >= 11 is 0. The standard InChI is InChI=1S/C22H25FN2O4.ClH/c1-4-28-22(27)21-14(2)25(3)20-10-9-16(11-17(20)21)29-13-15(26)12-24-19-8-6-5-7-18(19)23;/h5-11,15,24,26H,4,12-13H2,1-3H3;1H. The SMILES string of the molecule is CCOC(=O)c1c(C)n(C)c2ccc(OCC(O)CNc3ccccc3F)cc12.Cl. The molecular weight excluding hydrogens is 411 g/mol. The number of aliphatic hydroxyl groups is 1. The predicted octanol–water partition coefficient (Wildman–Crippen LogP) is 4.08. The Morgan fingerprint density at radius 1 is 1.27 bits per heavy atom. The monoisotopic (exact) mass is 436 g/mol. The summed E-state index contributed by atoms with van der Waals surface area (Å²) in [6, 6.07) is 11.7. The largest absolute Gasteiger partial charge is 0.491 e. The topological polar surface area (TPSA) is 72.7 Å². The molecule has 2 aromatic carbocycles. The van der Waals surface area contributed by atoms with Crippen LogP contribution in [-0.2, 0) is 11.8 Å². The molecule has 0 saturated carbocycles. The number of carbonyl (C=O) groups excluding carboxylic acids is 1. The van der Waals surface area contributed by atoms with Crippen molar-refractivity contribution in [1.29, 1.82) is 0 Å². The van der Waals surface area contributed by atoms with Crippen molar-refractivity contribution < 1.29 is 23.8 Å². The van der Waals surface area contributed by atoms with Gasteiger partial charge in [-0.3, -0.25) is 0 Å². The molecule has 0 amide bonds. The fourth-order valence-electron chi connectivity index (χ4n) is 3.19. The van der Waals surface area contributed by atoms with Crippen LogP contribution in [0.25, 0.3) is 10.9 Å². The third-order valence-electron chi connectivity index (χ3n) is 4.79. The van der Waals surface area contributed by atoms with E-state index in [1.807, 2.05) is 24.6 Å². The van der Waals surface area contributed by atoms with Crippen molar-refractivity contribution in [2.45, 2.75) is 20.0 Å². The second-order valence-corrected chi connectivity index (χ2v) is 6.74. The molecule has 6 nitrogen and oxygen atoms in total. The van der Waals surface area contributed by atoms with Crippen molar-refractivity contribution in [3.63, 3.8) is 0 Å². The Morgan fingerprint density at radius 2 is 2.00 bits per heavy atom. The van der Waals surface area contributed by atoms with Gasteiger partial charge in [-0.1, -0.05) is 12.1 Å². The third kappa shape index (κ3) is 5.04. The lowest BCUT2D eigenvalue weighted by atomic mass is 10.1. The third-order valence-corrected chi connectivity index (χ3v) is 4.79. The number of aliphatic hydroxyl groups excluding tert-OH is 1. The van der Waals surface area contributed by atoms with E-state index >= 15 is 0 Å². The summed E-state index contributed by atoms with van der Waals surface area (Å²) in [6.45, 7) is 4.09. The number of hydrogen-bond donors (Lipinski definition) is 2. The lowest BCUT2D eigenvalue weighted by Crippen LogP contribution is -2.26. The van der Waals surface area contributed by atoms with Gasteiger partial charge in [0.1, 0.15) is 24.3 Å². The maximum atomic E-state index is 13.6. The van der Waals surface area contributed by atoms with Crippen molar-refractivity contribution in [3.8, 4) is 5.75 Å². The van der Waals surface area contributed by atoms with E-state index in [0.717, 1.165) is 16.6 Å². The number of esters is 1. The maximum Gasteiger partial charge on any atom is 0.340 e. The fraction of sp³-hybridized carbons (Fsp3) is 0.318. The Labute approximate surface area is 181 Å². The zero-order valence-electron chi connectivity index (χ0n) is 17.1. The van der Waals surface area contributed by atoms with Gasteiger partial charge in [0, 0.05) is 30.2 Å². The first-order chi connectivity index (χ1) is 13.9. The molecule has 0 aliphatic heterocycles. The van der Waals surface area contributed by atoms with Crippen LogP contribution in [0, 0.1) is 12.7 Å². The minimum absolute atomic E-state index is 0. The second kappa shape index (κ2) is 10.3. The first kappa shape index (κ1) is 23.5. The number of benzene rings is 2. The van der Waals surface area contributed by atoms with Crippen molar-refractivity contribution in [3.05, 3.63) is 59.5 Å². The lowest BCUT2D eigenvalue weighted by Gasteiger charge is -2.14. The molecule has 1 unspecified atom stereocenters. The van der Waals surface area contributed by atoms with Gasteiger partial charge in [-0.15, -0.1) is 12.4 Å². The van der Waals surface area contributed by atoms with E-state index in [-0.39, 0.29) is 37.3 Å². The fourth-order valence-corrected chi connectivity index (χ4v) is 3.19. The van der Waals surface area contributed by atoms with Crippen LogP contribution >= 0.6 is 12.4 Å².